The highest BCUT2D eigenvalue weighted by Gasteiger charge is 2.40. The van der Waals surface area contributed by atoms with Crippen LogP contribution in [-0.4, -0.2) is 46.1 Å². The maximum absolute atomic E-state index is 13.5. The Balaban J connectivity index is 1.62. The number of hydrogen-bond acceptors (Lipinski definition) is 5. The number of carbonyl (C=O) groups is 1. The predicted molar refractivity (Wildman–Crippen MR) is 89.0 cm³/mol. The van der Waals surface area contributed by atoms with Crippen molar-refractivity contribution >= 4 is 17.0 Å². The summed E-state index contributed by atoms with van der Waals surface area (Å²) in [5.41, 5.74) is 2.99. The molecule has 1 aliphatic carbocycles. The van der Waals surface area contributed by atoms with Crippen LogP contribution in [0.5, 0.6) is 0 Å². The Kier molecular flexibility index (Phi) is 3.16. The lowest BCUT2D eigenvalue weighted by molar-refractivity contribution is 0.0682. The fraction of sp³-hybridized carbons (Fsp3) is 0.611. The molecule has 2 unspecified atom stereocenters. The smallest absolute Gasteiger partial charge is 0.259 e. The van der Waals surface area contributed by atoms with Gasteiger partial charge in [-0.2, -0.15) is 0 Å². The van der Waals surface area contributed by atoms with Crippen LogP contribution in [0, 0.1) is 6.92 Å². The molecule has 3 fully saturated rings. The number of fused-ring (bicyclic) bond motifs is 3. The molecule has 1 N–H and O–H groups in total. The molecule has 0 radical (unpaired) electrons. The number of nitrogens with one attached hydrogen (secondary N) is 1. The maximum atomic E-state index is 13.5. The molecule has 2 aromatic heterocycles. The Bertz CT molecular complexity index is 797. The Morgan fingerprint density at radius 3 is 2.92 bits per heavy atom. The van der Waals surface area contributed by atoms with E-state index in [2.05, 4.69) is 20.4 Å². The van der Waals surface area contributed by atoms with Gasteiger partial charge in [0.1, 0.15) is 0 Å². The summed E-state index contributed by atoms with van der Waals surface area (Å²) < 4.78 is 5.40. The molecular formula is C18H22N4O2. The van der Waals surface area contributed by atoms with E-state index in [9.17, 15) is 4.79 Å². The second-order valence-corrected chi connectivity index (χ2v) is 7.41. The fourth-order valence-corrected chi connectivity index (χ4v) is 4.32. The van der Waals surface area contributed by atoms with Crippen molar-refractivity contribution in [3.63, 3.8) is 0 Å². The summed E-state index contributed by atoms with van der Waals surface area (Å²) in [5.74, 6) is 0.612. The molecule has 4 heterocycles. The molecule has 0 spiro atoms. The second-order valence-electron chi connectivity index (χ2n) is 7.41. The van der Waals surface area contributed by atoms with Gasteiger partial charge in [0.15, 0.2) is 0 Å². The molecule has 6 nitrogen and oxygen atoms in total. The summed E-state index contributed by atoms with van der Waals surface area (Å²) in [6, 6.07) is 2.66. The first-order chi connectivity index (χ1) is 11.7. The molecule has 126 valence electrons. The highest BCUT2D eigenvalue weighted by molar-refractivity contribution is 6.06. The van der Waals surface area contributed by atoms with Gasteiger partial charge in [-0.3, -0.25) is 4.79 Å². The Morgan fingerprint density at radius 1 is 1.25 bits per heavy atom. The largest absolute Gasteiger partial charge is 0.336 e. The van der Waals surface area contributed by atoms with Gasteiger partial charge in [0, 0.05) is 30.2 Å². The molecule has 6 heteroatoms. The van der Waals surface area contributed by atoms with E-state index in [-0.39, 0.29) is 5.91 Å². The number of aryl methyl sites for hydroxylation is 1. The molecule has 2 saturated heterocycles. The minimum Gasteiger partial charge on any atom is -0.336 e. The van der Waals surface area contributed by atoms with Gasteiger partial charge in [0.2, 0.25) is 0 Å². The van der Waals surface area contributed by atoms with E-state index in [1.807, 2.05) is 13.0 Å². The number of nitrogens with zero attached hydrogens (tertiary/aromatic N) is 3. The van der Waals surface area contributed by atoms with Crippen LogP contribution in [0.1, 0.15) is 59.8 Å². The minimum absolute atomic E-state index is 0.131. The molecule has 2 atom stereocenters. The SMILES string of the molecule is Cc1noc2nc(C3CC3)cc(C(=O)N3C4CCNCC3CC4)c12. The Morgan fingerprint density at radius 2 is 2.08 bits per heavy atom. The highest BCUT2D eigenvalue weighted by atomic mass is 16.5. The third-order valence-electron chi connectivity index (χ3n) is 5.75. The number of amides is 1. The van der Waals surface area contributed by atoms with Gasteiger partial charge in [-0.1, -0.05) is 5.16 Å². The molecule has 1 amide bonds. The van der Waals surface area contributed by atoms with Crippen molar-refractivity contribution < 1.29 is 9.32 Å². The number of aromatic nitrogens is 2. The zero-order valence-electron chi connectivity index (χ0n) is 13.9. The summed E-state index contributed by atoms with van der Waals surface area (Å²) in [6.45, 7) is 3.78. The molecule has 5 rings (SSSR count). The van der Waals surface area contributed by atoms with Crippen LogP contribution >= 0.6 is 0 Å². The quantitative estimate of drug-likeness (QED) is 0.917. The summed E-state index contributed by atoms with van der Waals surface area (Å²) in [5, 5.41) is 8.31. The average molecular weight is 326 g/mol. The van der Waals surface area contributed by atoms with Crippen LogP contribution in [0.15, 0.2) is 10.6 Å². The minimum atomic E-state index is 0.131. The monoisotopic (exact) mass is 326 g/mol. The molecule has 1 saturated carbocycles. The standard InChI is InChI=1S/C18H22N4O2/c1-10-16-14(8-15(11-2-3-11)20-17(16)24-21-10)18(23)22-12-4-5-13(22)9-19-7-6-12/h8,11-13,19H,2-7,9H2,1H3. The first-order valence-electron chi connectivity index (χ1n) is 9.02. The number of carbonyl (C=O) groups excluding carboxylic acids is 1. The van der Waals surface area contributed by atoms with E-state index in [1.165, 1.54) is 0 Å². The molecule has 3 aliphatic rings. The summed E-state index contributed by atoms with van der Waals surface area (Å²) in [7, 11) is 0. The zero-order valence-corrected chi connectivity index (χ0v) is 13.9. The summed E-state index contributed by atoms with van der Waals surface area (Å²) in [4.78, 5) is 20.2. The van der Waals surface area contributed by atoms with E-state index in [0.717, 1.165) is 67.5 Å². The van der Waals surface area contributed by atoms with Gasteiger partial charge >= 0.3 is 0 Å². The number of pyridine rings is 1. The van der Waals surface area contributed by atoms with Gasteiger partial charge < -0.3 is 14.7 Å². The van der Waals surface area contributed by atoms with Crippen molar-refractivity contribution in [1.82, 2.24) is 20.4 Å². The lowest BCUT2D eigenvalue weighted by Gasteiger charge is -2.28. The highest BCUT2D eigenvalue weighted by Crippen LogP contribution is 2.41. The summed E-state index contributed by atoms with van der Waals surface area (Å²) >= 11 is 0. The second kappa shape index (κ2) is 5.28. The van der Waals surface area contributed by atoms with E-state index < -0.39 is 0 Å². The third kappa shape index (κ3) is 2.16. The number of rotatable bonds is 2. The molecule has 2 aromatic rings. The molecule has 0 aromatic carbocycles. The van der Waals surface area contributed by atoms with Crippen molar-refractivity contribution in [2.45, 2.75) is 57.0 Å². The Labute approximate surface area is 140 Å². The van der Waals surface area contributed by atoms with Crippen molar-refractivity contribution in [1.29, 1.82) is 0 Å². The van der Waals surface area contributed by atoms with Gasteiger partial charge in [0.25, 0.3) is 11.6 Å². The van der Waals surface area contributed by atoms with E-state index in [1.54, 1.807) is 0 Å². The average Bonchev–Trinajstić information content (AvgIpc) is 3.29. The van der Waals surface area contributed by atoms with Gasteiger partial charge in [0.05, 0.1) is 16.6 Å². The lowest BCUT2D eigenvalue weighted by atomic mass is 10.1. The van der Waals surface area contributed by atoms with E-state index >= 15 is 0 Å². The van der Waals surface area contributed by atoms with Crippen molar-refractivity contribution in [3.05, 3.63) is 23.0 Å². The fourth-order valence-electron chi connectivity index (χ4n) is 4.32. The third-order valence-corrected chi connectivity index (χ3v) is 5.75. The molecule has 2 aliphatic heterocycles. The predicted octanol–water partition coefficient (Wildman–Crippen LogP) is 2.38. The summed E-state index contributed by atoms with van der Waals surface area (Å²) in [6.07, 6.45) is 5.55. The van der Waals surface area contributed by atoms with Gasteiger partial charge in [-0.05, 0) is 51.6 Å². The first kappa shape index (κ1) is 14.4. The first-order valence-corrected chi connectivity index (χ1v) is 9.02. The van der Waals surface area contributed by atoms with Crippen molar-refractivity contribution in [2.24, 2.45) is 0 Å². The normalized spacial score (nSPS) is 26.8. The van der Waals surface area contributed by atoms with Crippen LogP contribution in [-0.2, 0) is 0 Å². The zero-order chi connectivity index (χ0) is 16.3. The van der Waals surface area contributed by atoms with E-state index in [4.69, 9.17) is 4.52 Å². The lowest BCUT2D eigenvalue weighted by Crippen LogP contribution is -2.42. The van der Waals surface area contributed by atoms with Crippen LogP contribution in [0.3, 0.4) is 0 Å². The number of hydrogen-bond donors (Lipinski definition) is 1. The van der Waals surface area contributed by atoms with Crippen LogP contribution < -0.4 is 5.32 Å². The Hall–Kier alpha value is -1.95. The molecule has 2 bridgehead atoms. The van der Waals surface area contributed by atoms with E-state index in [0.29, 0.717) is 23.7 Å². The van der Waals surface area contributed by atoms with Crippen LogP contribution in [0.2, 0.25) is 0 Å². The van der Waals surface area contributed by atoms with Crippen molar-refractivity contribution in [2.75, 3.05) is 13.1 Å². The van der Waals surface area contributed by atoms with Gasteiger partial charge in [-0.15, -0.1) is 0 Å². The maximum Gasteiger partial charge on any atom is 0.259 e. The molecular weight excluding hydrogens is 304 g/mol. The van der Waals surface area contributed by atoms with Crippen LogP contribution in [0.25, 0.3) is 11.1 Å². The topological polar surface area (TPSA) is 71.3 Å². The molecule has 24 heavy (non-hydrogen) atoms. The van der Waals surface area contributed by atoms with Crippen molar-refractivity contribution in [3.8, 4) is 0 Å². The van der Waals surface area contributed by atoms with Crippen LogP contribution in [0.4, 0.5) is 0 Å². The van der Waals surface area contributed by atoms with Gasteiger partial charge in [-0.25, -0.2) is 4.98 Å².